The van der Waals surface area contributed by atoms with Gasteiger partial charge in [-0.2, -0.15) is 4.31 Å². The van der Waals surface area contributed by atoms with Crippen molar-refractivity contribution in [3.63, 3.8) is 0 Å². The van der Waals surface area contributed by atoms with Crippen molar-refractivity contribution in [2.75, 3.05) is 6.61 Å². The number of nitrogens with zero attached hydrogens (tertiary/aromatic N) is 1. The van der Waals surface area contributed by atoms with Crippen molar-refractivity contribution in [2.24, 2.45) is 0 Å². The molecule has 1 atom stereocenters. The molecule has 2 aromatic carbocycles. The third-order valence-electron chi connectivity index (χ3n) is 3.59. The average Bonchev–Trinajstić information content (AvgIpc) is 2.91. The molecule has 6 heteroatoms. The monoisotopic (exact) mass is 317 g/mol. The fourth-order valence-electron chi connectivity index (χ4n) is 2.41. The molecule has 3 rings (SSSR count). The number of carbonyl (C=O) groups is 1. The second-order valence-corrected chi connectivity index (χ2v) is 6.93. The summed E-state index contributed by atoms with van der Waals surface area (Å²) in [7, 11) is -3.94. The lowest BCUT2D eigenvalue weighted by Gasteiger charge is -2.21. The van der Waals surface area contributed by atoms with Crippen LogP contribution in [0.4, 0.5) is 4.79 Å². The summed E-state index contributed by atoms with van der Waals surface area (Å²) in [5.74, 6) is 0. The largest absolute Gasteiger partial charge is 0.446 e. The molecule has 0 aliphatic carbocycles. The van der Waals surface area contributed by atoms with Crippen LogP contribution in [0, 0.1) is 6.92 Å². The average molecular weight is 317 g/mol. The highest BCUT2D eigenvalue weighted by Gasteiger charge is 2.43. The van der Waals surface area contributed by atoms with Crippen molar-refractivity contribution >= 4 is 16.1 Å². The van der Waals surface area contributed by atoms with Crippen LogP contribution in [0.2, 0.25) is 0 Å². The molecular weight excluding hydrogens is 302 g/mol. The van der Waals surface area contributed by atoms with Gasteiger partial charge in [-0.05, 0) is 24.6 Å². The number of ether oxygens (including phenoxy) is 1. The van der Waals surface area contributed by atoms with Gasteiger partial charge in [0.15, 0.2) is 0 Å². The van der Waals surface area contributed by atoms with Crippen LogP contribution in [0.1, 0.15) is 17.2 Å². The van der Waals surface area contributed by atoms with Crippen LogP contribution in [0.3, 0.4) is 0 Å². The molecule has 114 valence electrons. The maximum absolute atomic E-state index is 12.8. The second kappa shape index (κ2) is 5.46. The summed E-state index contributed by atoms with van der Waals surface area (Å²) in [5, 5.41) is 0. The Morgan fingerprint density at radius 1 is 1.05 bits per heavy atom. The predicted molar refractivity (Wildman–Crippen MR) is 80.7 cm³/mol. The Kier molecular flexibility index (Phi) is 3.62. The smallest absolute Gasteiger partial charge is 0.424 e. The molecule has 1 unspecified atom stereocenters. The summed E-state index contributed by atoms with van der Waals surface area (Å²) >= 11 is 0. The number of carbonyl (C=O) groups excluding carboxylic acids is 1. The predicted octanol–water partition coefficient (Wildman–Crippen LogP) is 2.88. The molecule has 1 heterocycles. The Hall–Kier alpha value is -2.34. The Balaban J connectivity index is 2.03. The van der Waals surface area contributed by atoms with Gasteiger partial charge in [-0.1, -0.05) is 48.0 Å². The van der Waals surface area contributed by atoms with Gasteiger partial charge in [0.2, 0.25) is 0 Å². The van der Waals surface area contributed by atoms with Gasteiger partial charge in [0.25, 0.3) is 10.0 Å². The fraction of sp³-hybridized carbons (Fsp3) is 0.188. The molecule has 1 aliphatic heterocycles. The first-order valence-electron chi connectivity index (χ1n) is 6.83. The molecule has 0 aromatic heterocycles. The minimum Gasteiger partial charge on any atom is -0.446 e. The number of rotatable bonds is 3. The van der Waals surface area contributed by atoms with Crippen LogP contribution < -0.4 is 0 Å². The van der Waals surface area contributed by atoms with Crippen LogP contribution in [-0.4, -0.2) is 25.4 Å². The van der Waals surface area contributed by atoms with Gasteiger partial charge in [-0.15, -0.1) is 0 Å². The van der Waals surface area contributed by atoms with Crippen LogP contribution in [0.15, 0.2) is 59.5 Å². The number of hydrogen-bond acceptors (Lipinski definition) is 4. The maximum Gasteiger partial charge on any atom is 0.424 e. The number of hydrogen-bond donors (Lipinski definition) is 0. The van der Waals surface area contributed by atoms with E-state index in [1.165, 1.54) is 12.1 Å². The van der Waals surface area contributed by atoms with E-state index in [1.807, 2.05) is 13.0 Å². The van der Waals surface area contributed by atoms with Gasteiger partial charge in [0.05, 0.1) is 4.90 Å². The van der Waals surface area contributed by atoms with Crippen molar-refractivity contribution in [2.45, 2.75) is 17.9 Å². The summed E-state index contributed by atoms with van der Waals surface area (Å²) in [4.78, 5) is 12.1. The number of cyclic esters (lactones) is 1. The van der Waals surface area contributed by atoms with Crippen molar-refractivity contribution in [1.29, 1.82) is 0 Å². The van der Waals surface area contributed by atoms with Crippen molar-refractivity contribution in [3.8, 4) is 0 Å². The second-order valence-electron chi connectivity index (χ2n) is 5.12. The third-order valence-corrected chi connectivity index (χ3v) is 5.38. The Morgan fingerprint density at radius 2 is 1.68 bits per heavy atom. The van der Waals surface area contributed by atoms with Gasteiger partial charge in [0.1, 0.15) is 12.6 Å². The molecule has 2 aromatic rings. The summed E-state index contributed by atoms with van der Waals surface area (Å²) < 4.78 is 31.3. The molecule has 0 bridgehead atoms. The van der Waals surface area contributed by atoms with E-state index in [2.05, 4.69) is 0 Å². The van der Waals surface area contributed by atoms with E-state index in [9.17, 15) is 13.2 Å². The number of sulfonamides is 1. The minimum absolute atomic E-state index is 0.0218. The summed E-state index contributed by atoms with van der Waals surface area (Å²) in [6.45, 7) is 1.89. The summed E-state index contributed by atoms with van der Waals surface area (Å²) in [5.41, 5.74) is 1.67. The van der Waals surface area contributed by atoms with Crippen molar-refractivity contribution in [3.05, 3.63) is 65.7 Å². The van der Waals surface area contributed by atoms with Crippen LogP contribution >= 0.6 is 0 Å². The lowest BCUT2D eigenvalue weighted by atomic mass is 10.1. The van der Waals surface area contributed by atoms with Gasteiger partial charge >= 0.3 is 6.09 Å². The molecule has 5 nitrogen and oxygen atoms in total. The van der Waals surface area contributed by atoms with Gasteiger partial charge in [-0.3, -0.25) is 0 Å². The molecule has 1 amide bonds. The highest BCUT2D eigenvalue weighted by molar-refractivity contribution is 7.89. The summed E-state index contributed by atoms with van der Waals surface area (Å²) in [6, 6.07) is 14.8. The van der Waals surface area contributed by atoms with Gasteiger partial charge in [-0.25, -0.2) is 13.2 Å². The van der Waals surface area contributed by atoms with E-state index in [1.54, 1.807) is 36.4 Å². The maximum atomic E-state index is 12.8. The zero-order valence-corrected chi connectivity index (χ0v) is 12.8. The van der Waals surface area contributed by atoms with E-state index < -0.39 is 22.2 Å². The molecule has 1 fully saturated rings. The Morgan fingerprint density at radius 3 is 2.32 bits per heavy atom. The Labute approximate surface area is 129 Å². The lowest BCUT2D eigenvalue weighted by Crippen LogP contribution is -2.34. The number of amides is 1. The van der Waals surface area contributed by atoms with Crippen LogP contribution in [0.5, 0.6) is 0 Å². The molecule has 0 N–H and O–H groups in total. The zero-order valence-electron chi connectivity index (χ0n) is 12.0. The fourth-order valence-corrected chi connectivity index (χ4v) is 3.88. The van der Waals surface area contributed by atoms with Gasteiger partial charge < -0.3 is 4.74 Å². The van der Waals surface area contributed by atoms with E-state index in [-0.39, 0.29) is 11.5 Å². The van der Waals surface area contributed by atoms with E-state index >= 15 is 0 Å². The normalized spacial score (nSPS) is 18.3. The van der Waals surface area contributed by atoms with E-state index in [0.717, 1.165) is 15.4 Å². The molecule has 0 spiro atoms. The zero-order chi connectivity index (χ0) is 15.7. The first kappa shape index (κ1) is 14.6. The molecule has 0 saturated carbocycles. The topological polar surface area (TPSA) is 63.7 Å². The minimum atomic E-state index is -3.94. The van der Waals surface area contributed by atoms with E-state index in [0.29, 0.717) is 0 Å². The molecular formula is C16H15NO4S. The van der Waals surface area contributed by atoms with E-state index in [4.69, 9.17) is 4.74 Å². The molecule has 1 aliphatic rings. The van der Waals surface area contributed by atoms with Crippen LogP contribution in [0.25, 0.3) is 0 Å². The quantitative estimate of drug-likeness (QED) is 0.873. The molecule has 0 radical (unpaired) electrons. The first-order chi connectivity index (χ1) is 10.5. The summed E-state index contributed by atoms with van der Waals surface area (Å²) in [6.07, 6.45) is -0.838. The number of aryl methyl sites for hydroxylation is 1. The lowest BCUT2D eigenvalue weighted by molar-refractivity contribution is 0.170. The SMILES string of the molecule is Cc1ccc(S(=O)(=O)N2C(=O)OCC2c2ccccc2)cc1. The standard InChI is InChI=1S/C16H15NO4S/c1-12-7-9-14(10-8-12)22(19,20)17-15(11-21-16(17)18)13-5-3-2-4-6-13/h2-10,15H,11H2,1H3. The number of benzene rings is 2. The third kappa shape index (κ3) is 2.46. The Bertz CT molecular complexity index is 785. The highest BCUT2D eigenvalue weighted by Crippen LogP contribution is 2.33. The van der Waals surface area contributed by atoms with Gasteiger partial charge in [0, 0.05) is 0 Å². The molecule has 22 heavy (non-hydrogen) atoms. The highest BCUT2D eigenvalue weighted by atomic mass is 32.2. The van der Waals surface area contributed by atoms with Crippen LogP contribution in [-0.2, 0) is 14.8 Å². The first-order valence-corrected chi connectivity index (χ1v) is 8.27. The van der Waals surface area contributed by atoms with Crippen molar-refractivity contribution < 1.29 is 17.9 Å². The molecule has 1 saturated heterocycles. The van der Waals surface area contributed by atoms with Crippen molar-refractivity contribution in [1.82, 2.24) is 4.31 Å².